The van der Waals surface area contributed by atoms with E-state index in [1.807, 2.05) is 26.0 Å². The Morgan fingerprint density at radius 2 is 2.25 bits per heavy atom. The van der Waals surface area contributed by atoms with Crippen LogP contribution in [0.4, 0.5) is 0 Å². The van der Waals surface area contributed by atoms with Gasteiger partial charge in [-0.05, 0) is 6.42 Å². The zero-order chi connectivity index (χ0) is 9.40. The highest BCUT2D eigenvalue weighted by Gasteiger charge is 2.07. The van der Waals surface area contributed by atoms with Gasteiger partial charge < -0.3 is 11.1 Å². The van der Waals surface area contributed by atoms with Crippen LogP contribution in [0.5, 0.6) is 0 Å². The van der Waals surface area contributed by atoms with E-state index in [2.05, 4.69) is 5.32 Å². The maximum atomic E-state index is 11.2. The number of carbonyl (C=O) groups is 1. The molecule has 0 aliphatic heterocycles. The lowest BCUT2D eigenvalue weighted by Gasteiger charge is -2.07. The van der Waals surface area contributed by atoms with Crippen molar-refractivity contribution >= 4 is 5.91 Å². The highest BCUT2D eigenvalue weighted by Crippen LogP contribution is 1.98. The largest absolute Gasteiger partial charge is 0.352 e. The third-order valence-corrected chi connectivity index (χ3v) is 1.76. The molecule has 1 amide bonds. The molecule has 1 atom stereocenters. The van der Waals surface area contributed by atoms with Crippen molar-refractivity contribution in [3.8, 4) is 0 Å². The number of hydrogen-bond donors (Lipinski definition) is 2. The van der Waals surface area contributed by atoms with Crippen molar-refractivity contribution in [1.29, 1.82) is 0 Å². The predicted octanol–water partition coefficient (Wildman–Crippen LogP) is 0.664. The molecular formula is C9H18N2O. The molecule has 70 valence electrons. The molecule has 12 heavy (non-hydrogen) atoms. The Balaban J connectivity index is 3.50. The highest BCUT2D eigenvalue weighted by molar-refractivity contribution is 5.78. The molecule has 0 bridgehead atoms. The average molecular weight is 170 g/mol. The quantitative estimate of drug-likeness (QED) is 0.596. The summed E-state index contributed by atoms with van der Waals surface area (Å²) in [4.78, 5) is 11.2. The van der Waals surface area contributed by atoms with Gasteiger partial charge in [0.15, 0.2) is 0 Å². The van der Waals surface area contributed by atoms with Crippen LogP contribution in [-0.2, 0) is 4.79 Å². The second-order valence-corrected chi connectivity index (χ2v) is 2.76. The maximum absolute atomic E-state index is 11.2. The van der Waals surface area contributed by atoms with Gasteiger partial charge in [-0.15, -0.1) is 0 Å². The van der Waals surface area contributed by atoms with Crippen molar-refractivity contribution in [3.63, 3.8) is 0 Å². The van der Waals surface area contributed by atoms with E-state index in [0.717, 1.165) is 6.42 Å². The summed E-state index contributed by atoms with van der Waals surface area (Å²) in [6, 6.07) is 0. The Kier molecular flexibility index (Phi) is 6.38. The SMILES string of the molecule is CCC(C)C(=O)NC/C=C/CN. The Morgan fingerprint density at radius 1 is 1.58 bits per heavy atom. The Hall–Kier alpha value is -0.830. The van der Waals surface area contributed by atoms with E-state index >= 15 is 0 Å². The van der Waals surface area contributed by atoms with Crippen LogP contribution in [0.2, 0.25) is 0 Å². The summed E-state index contributed by atoms with van der Waals surface area (Å²) in [6.07, 6.45) is 4.57. The van der Waals surface area contributed by atoms with Gasteiger partial charge in [-0.25, -0.2) is 0 Å². The standard InChI is InChI=1S/C9H18N2O/c1-3-8(2)9(12)11-7-5-4-6-10/h4-5,8H,3,6-7,10H2,1-2H3,(H,11,12)/b5-4+. The van der Waals surface area contributed by atoms with Crippen molar-refractivity contribution in [1.82, 2.24) is 5.32 Å². The molecule has 3 N–H and O–H groups in total. The smallest absolute Gasteiger partial charge is 0.223 e. The first-order chi connectivity index (χ1) is 5.72. The lowest BCUT2D eigenvalue weighted by molar-refractivity contribution is -0.124. The second kappa shape index (κ2) is 6.85. The molecule has 3 heteroatoms. The summed E-state index contributed by atoms with van der Waals surface area (Å²) in [5.74, 6) is 0.218. The molecule has 0 rings (SSSR count). The molecule has 0 aromatic rings. The van der Waals surface area contributed by atoms with Crippen LogP contribution in [0, 0.1) is 5.92 Å². The molecule has 0 radical (unpaired) electrons. The lowest BCUT2D eigenvalue weighted by Crippen LogP contribution is -2.28. The van der Waals surface area contributed by atoms with E-state index in [1.54, 1.807) is 0 Å². The Labute approximate surface area is 74.0 Å². The predicted molar refractivity (Wildman–Crippen MR) is 50.7 cm³/mol. The van der Waals surface area contributed by atoms with Gasteiger partial charge in [0.05, 0.1) is 0 Å². The summed E-state index contributed by atoms with van der Waals surface area (Å²) in [7, 11) is 0. The number of nitrogens with two attached hydrogens (primary N) is 1. The van der Waals surface area contributed by atoms with Crippen molar-refractivity contribution in [2.45, 2.75) is 20.3 Å². The van der Waals surface area contributed by atoms with E-state index in [1.165, 1.54) is 0 Å². The van der Waals surface area contributed by atoms with Crippen molar-refractivity contribution in [3.05, 3.63) is 12.2 Å². The van der Waals surface area contributed by atoms with Crippen LogP contribution < -0.4 is 11.1 Å². The summed E-state index contributed by atoms with van der Waals surface area (Å²) in [6.45, 7) is 5.03. The van der Waals surface area contributed by atoms with E-state index in [-0.39, 0.29) is 11.8 Å². The molecule has 0 spiro atoms. The first-order valence-electron chi connectivity index (χ1n) is 4.35. The fourth-order valence-corrected chi connectivity index (χ4v) is 0.699. The monoisotopic (exact) mass is 170 g/mol. The van der Waals surface area contributed by atoms with Crippen molar-refractivity contribution in [2.75, 3.05) is 13.1 Å². The van der Waals surface area contributed by atoms with Crippen LogP contribution >= 0.6 is 0 Å². The van der Waals surface area contributed by atoms with Crippen LogP contribution in [-0.4, -0.2) is 19.0 Å². The van der Waals surface area contributed by atoms with Gasteiger partial charge in [-0.1, -0.05) is 26.0 Å². The van der Waals surface area contributed by atoms with Gasteiger partial charge in [0.2, 0.25) is 5.91 Å². The van der Waals surface area contributed by atoms with Crippen molar-refractivity contribution in [2.24, 2.45) is 11.7 Å². The minimum Gasteiger partial charge on any atom is -0.352 e. The number of carbonyl (C=O) groups excluding carboxylic acids is 1. The summed E-state index contributed by atoms with van der Waals surface area (Å²) >= 11 is 0. The lowest BCUT2D eigenvalue weighted by atomic mass is 10.1. The normalized spacial score (nSPS) is 13.2. The number of hydrogen-bond acceptors (Lipinski definition) is 2. The van der Waals surface area contributed by atoms with Crippen LogP contribution in [0.25, 0.3) is 0 Å². The first-order valence-corrected chi connectivity index (χ1v) is 4.35. The number of amides is 1. The van der Waals surface area contributed by atoms with Gasteiger partial charge in [0, 0.05) is 19.0 Å². The molecule has 1 unspecified atom stereocenters. The van der Waals surface area contributed by atoms with Gasteiger partial charge >= 0.3 is 0 Å². The maximum Gasteiger partial charge on any atom is 0.223 e. The van der Waals surface area contributed by atoms with E-state index in [4.69, 9.17) is 5.73 Å². The van der Waals surface area contributed by atoms with Gasteiger partial charge in [0.1, 0.15) is 0 Å². The molecule has 0 aromatic heterocycles. The Morgan fingerprint density at radius 3 is 2.75 bits per heavy atom. The molecular weight excluding hydrogens is 152 g/mol. The minimum absolute atomic E-state index is 0.108. The van der Waals surface area contributed by atoms with Gasteiger partial charge in [-0.3, -0.25) is 4.79 Å². The summed E-state index contributed by atoms with van der Waals surface area (Å²) < 4.78 is 0. The molecule has 0 aliphatic rings. The van der Waals surface area contributed by atoms with E-state index in [0.29, 0.717) is 13.1 Å². The summed E-state index contributed by atoms with van der Waals surface area (Å²) in [5, 5.41) is 2.79. The van der Waals surface area contributed by atoms with Gasteiger partial charge in [-0.2, -0.15) is 0 Å². The Bertz CT molecular complexity index is 155. The second-order valence-electron chi connectivity index (χ2n) is 2.76. The average Bonchev–Trinajstić information content (AvgIpc) is 2.10. The molecule has 3 nitrogen and oxygen atoms in total. The fraction of sp³-hybridized carbons (Fsp3) is 0.667. The first kappa shape index (κ1) is 11.2. The van der Waals surface area contributed by atoms with Crippen molar-refractivity contribution < 1.29 is 4.79 Å². The number of rotatable bonds is 5. The molecule has 0 fully saturated rings. The minimum atomic E-state index is 0.108. The molecule has 0 aliphatic carbocycles. The molecule has 0 saturated carbocycles. The van der Waals surface area contributed by atoms with Crippen LogP contribution in [0.1, 0.15) is 20.3 Å². The molecule has 0 aromatic carbocycles. The zero-order valence-corrected chi connectivity index (χ0v) is 7.84. The van der Waals surface area contributed by atoms with E-state index < -0.39 is 0 Å². The topological polar surface area (TPSA) is 55.1 Å². The third kappa shape index (κ3) is 4.91. The van der Waals surface area contributed by atoms with Crippen LogP contribution in [0.3, 0.4) is 0 Å². The third-order valence-electron chi connectivity index (χ3n) is 1.76. The highest BCUT2D eigenvalue weighted by atomic mass is 16.1. The van der Waals surface area contributed by atoms with E-state index in [9.17, 15) is 4.79 Å². The number of nitrogens with one attached hydrogen (secondary N) is 1. The molecule has 0 heterocycles. The van der Waals surface area contributed by atoms with Crippen LogP contribution in [0.15, 0.2) is 12.2 Å². The zero-order valence-electron chi connectivity index (χ0n) is 7.84. The molecule has 0 saturated heterocycles. The fourth-order valence-electron chi connectivity index (χ4n) is 0.699. The summed E-state index contributed by atoms with van der Waals surface area (Å²) in [5.41, 5.74) is 5.23. The van der Waals surface area contributed by atoms with Gasteiger partial charge in [0.25, 0.3) is 0 Å².